The minimum Gasteiger partial charge on any atom is -0.339 e. The van der Waals surface area contributed by atoms with E-state index in [1.807, 2.05) is 35.2 Å². The van der Waals surface area contributed by atoms with Gasteiger partial charge in [0.25, 0.3) is 5.91 Å². The van der Waals surface area contributed by atoms with E-state index in [0.717, 1.165) is 48.4 Å². The van der Waals surface area contributed by atoms with Gasteiger partial charge < -0.3 is 4.90 Å². The van der Waals surface area contributed by atoms with Crippen molar-refractivity contribution < 1.29 is 4.79 Å². The predicted molar refractivity (Wildman–Crippen MR) is 97.0 cm³/mol. The van der Waals surface area contributed by atoms with Gasteiger partial charge in [-0.25, -0.2) is 0 Å². The Balaban J connectivity index is 1.63. The number of benzene rings is 1. The maximum atomic E-state index is 12.7. The number of carbonyl (C=O) groups excluding carboxylic acids is 1. The smallest absolute Gasteiger partial charge is 0.253 e. The molecule has 3 heterocycles. The van der Waals surface area contributed by atoms with Crippen molar-refractivity contribution >= 4 is 5.91 Å². The maximum Gasteiger partial charge on any atom is 0.253 e. The summed E-state index contributed by atoms with van der Waals surface area (Å²) in [6.07, 6.45) is 6.85. The molecule has 0 saturated carbocycles. The van der Waals surface area contributed by atoms with Crippen molar-refractivity contribution in [1.29, 1.82) is 0 Å². The van der Waals surface area contributed by atoms with Crippen molar-refractivity contribution in [2.45, 2.75) is 19.3 Å². The van der Waals surface area contributed by atoms with E-state index in [1.54, 1.807) is 18.5 Å². The van der Waals surface area contributed by atoms with Gasteiger partial charge in [0.2, 0.25) is 0 Å². The third-order valence-corrected chi connectivity index (χ3v) is 4.62. The Kier molecular flexibility index (Phi) is 4.29. The molecule has 0 bridgehead atoms. The Bertz CT molecular complexity index is 867. The van der Waals surface area contributed by atoms with Gasteiger partial charge in [0.05, 0.1) is 11.4 Å². The first-order valence-corrected chi connectivity index (χ1v) is 8.67. The zero-order valence-electron chi connectivity index (χ0n) is 14.0. The highest BCUT2D eigenvalue weighted by Crippen LogP contribution is 2.25. The Morgan fingerprint density at radius 1 is 0.960 bits per heavy atom. The number of piperidine rings is 1. The van der Waals surface area contributed by atoms with E-state index in [1.165, 1.54) is 6.42 Å². The molecule has 3 aromatic rings. The minimum atomic E-state index is 0.105. The monoisotopic (exact) mass is 332 g/mol. The second-order valence-electron chi connectivity index (χ2n) is 6.33. The van der Waals surface area contributed by atoms with Crippen LogP contribution in [0.4, 0.5) is 0 Å². The van der Waals surface area contributed by atoms with E-state index in [-0.39, 0.29) is 5.91 Å². The number of carbonyl (C=O) groups is 1. The van der Waals surface area contributed by atoms with E-state index in [2.05, 4.69) is 21.2 Å². The maximum absolute atomic E-state index is 12.7. The fourth-order valence-electron chi connectivity index (χ4n) is 3.26. The van der Waals surface area contributed by atoms with Crippen LogP contribution in [0.2, 0.25) is 0 Å². The van der Waals surface area contributed by atoms with Crippen molar-refractivity contribution in [2.24, 2.45) is 0 Å². The lowest BCUT2D eigenvalue weighted by Crippen LogP contribution is -2.35. The number of aromatic nitrogens is 3. The van der Waals surface area contributed by atoms with Gasteiger partial charge in [-0.05, 0) is 43.5 Å². The summed E-state index contributed by atoms with van der Waals surface area (Å²) in [7, 11) is 0. The zero-order chi connectivity index (χ0) is 17.1. The molecule has 1 aliphatic heterocycles. The molecule has 1 saturated heterocycles. The van der Waals surface area contributed by atoms with Crippen LogP contribution in [0.15, 0.2) is 54.9 Å². The largest absolute Gasteiger partial charge is 0.339 e. The number of amides is 1. The van der Waals surface area contributed by atoms with E-state index in [0.29, 0.717) is 5.56 Å². The number of hydrogen-bond acceptors (Lipinski definition) is 3. The van der Waals surface area contributed by atoms with Crippen LogP contribution < -0.4 is 0 Å². The lowest BCUT2D eigenvalue weighted by atomic mass is 10.0. The number of aromatic amines is 1. The number of nitrogens with one attached hydrogen (secondary N) is 1. The van der Waals surface area contributed by atoms with Gasteiger partial charge in [0.15, 0.2) is 0 Å². The summed E-state index contributed by atoms with van der Waals surface area (Å²) < 4.78 is 0. The van der Waals surface area contributed by atoms with E-state index in [4.69, 9.17) is 0 Å². The predicted octanol–water partition coefficient (Wildman–Crippen LogP) is 3.76. The van der Waals surface area contributed by atoms with Gasteiger partial charge >= 0.3 is 0 Å². The number of pyridine rings is 1. The molecule has 0 spiro atoms. The fraction of sp³-hybridized carbons (Fsp3) is 0.250. The normalized spacial score (nSPS) is 14.5. The summed E-state index contributed by atoms with van der Waals surface area (Å²) in [6.45, 7) is 1.71. The molecular formula is C20H20N4O. The van der Waals surface area contributed by atoms with E-state index < -0.39 is 0 Å². The molecule has 5 nitrogen and oxygen atoms in total. The molecule has 1 amide bonds. The van der Waals surface area contributed by atoms with E-state index >= 15 is 0 Å². The fourth-order valence-corrected chi connectivity index (χ4v) is 3.26. The van der Waals surface area contributed by atoms with Crippen molar-refractivity contribution in [3.05, 3.63) is 60.4 Å². The number of nitrogens with zero attached hydrogens (tertiary/aromatic N) is 3. The standard InChI is InChI=1S/C20H20N4O/c25-20(24-11-2-1-3-12-24)17-7-9-21-19(14-17)16-6-4-5-15(13-16)18-8-10-22-23-18/h4-10,13-14H,1-3,11-12H2,(H,22,23). The van der Waals surface area contributed by atoms with Crippen molar-refractivity contribution in [1.82, 2.24) is 20.1 Å². The lowest BCUT2D eigenvalue weighted by Gasteiger charge is -2.26. The van der Waals surface area contributed by atoms with Gasteiger partial charge in [-0.1, -0.05) is 18.2 Å². The second kappa shape index (κ2) is 6.89. The first kappa shape index (κ1) is 15.6. The molecule has 0 unspecified atom stereocenters. The van der Waals surface area contributed by atoms with Crippen LogP contribution >= 0.6 is 0 Å². The average molecular weight is 332 g/mol. The SMILES string of the molecule is O=C(c1ccnc(-c2cccc(-c3ccn[nH]3)c2)c1)N1CCCCC1. The number of H-pyrrole nitrogens is 1. The third-order valence-electron chi connectivity index (χ3n) is 4.62. The summed E-state index contributed by atoms with van der Waals surface area (Å²) in [6, 6.07) is 13.7. The van der Waals surface area contributed by atoms with Gasteiger partial charge in [-0.2, -0.15) is 5.10 Å². The van der Waals surface area contributed by atoms with Crippen LogP contribution in [0.1, 0.15) is 29.6 Å². The Labute approximate surface area is 146 Å². The topological polar surface area (TPSA) is 61.9 Å². The molecule has 1 aliphatic rings. The van der Waals surface area contributed by atoms with Gasteiger partial charge in [-0.15, -0.1) is 0 Å². The molecule has 1 fully saturated rings. The molecule has 1 aromatic carbocycles. The van der Waals surface area contributed by atoms with Crippen molar-refractivity contribution in [3.63, 3.8) is 0 Å². The van der Waals surface area contributed by atoms with Gasteiger partial charge in [-0.3, -0.25) is 14.9 Å². The quantitative estimate of drug-likeness (QED) is 0.794. The highest BCUT2D eigenvalue weighted by molar-refractivity contribution is 5.95. The molecule has 1 N–H and O–H groups in total. The molecule has 0 atom stereocenters. The zero-order valence-corrected chi connectivity index (χ0v) is 14.0. The van der Waals surface area contributed by atoms with Crippen LogP contribution in [0.5, 0.6) is 0 Å². The molecular weight excluding hydrogens is 312 g/mol. The van der Waals surface area contributed by atoms with Gasteiger partial charge in [0, 0.05) is 42.2 Å². The van der Waals surface area contributed by atoms with E-state index in [9.17, 15) is 4.79 Å². The van der Waals surface area contributed by atoms with Crippen molar-refractivity contribution in [3.8, 4) is 22.5 Å². The summed E-state index contributed by atoms with van der Waals surface area (Å²) in [4.78, 5) is 19.1. The summed E-state index contributed by atoms with van der Waals surface area (Å²) in [5, 5.41) is 6.97. The Hall–Kier alpha value is -2.95. The molecule has 0 radical (unpaired) electrons. The molecule has 2 aromatic heterocycles. The lowest BCUT2D eigenvalue weighted by molar-refractivity contribution is 0.0724. The minimum absolute atomic E-state index is 0.105. The molecule has 126 valence electrons. The number of hydrogen-bond donors (Lipinski definition) is 1. The highest BCUT2D eigenvalue weighted by Gasteiger charge is 2.18. The molecule has 25 heavy (non-hydrogen) atoms. The summed E-state index contributed by atoms with van der Waals surface area (Å²) in [5.74, 6) is 0.105. The van der Waals surface area contributed by atoms with Gasteiger partial charge in [0.1, 0.15) is 0 Å². The first-order chi connectivity index (χ1) is 12.3. The average Bonchev–Trinajstić information content (AvgIpc) is 3.23. The summed E-state index contributed by atoms with van der Waals surface area (Å²) >= 11 is 0. The van der Waals surface area contributed by atoms with Crippen LogP contribution in [-0.2, 0) is 0 Å². The highest BCUT2D eigenvalue weighted by atomic mass is 16.2. The van der Waals surface area contributed by atoms with Crippen LogP contribution in [0.25, 0.3) is 22.5 Å². The third kappa shape index (κ3) is 3.31. The van der Waals surface area contributed by atoms with Crippen LogP contribution in [0.3, 0.4) is 0 Å². The van der Waals surface area contributed by atoms with Crippen LogP contribution in [0, 0.1) is 0 Å². The van der Waals surface area contributed by atoms with Crippen LogP contribution in [-0.4, -0.2) is 39.1 Å². The molecule has 4 rings (SSSR count). The summed E-state index contributed by atoms with van der Waals surface area (Å²) in [5.41, 5.74) is 4.51. The second-order valence-corrected chi connectivity index (χ2v) is 6.33. The number of rotatable bonds is 3. The Morgan fingerprint density at radius 2 is 1.80 bits per heavy atom. The number of likely N-dealkylation sites (tertiary alicyclic amines) is 1. The molecule has 0 aliphatic carbocycles. The molecule has 5 heteroatoms. The first-order valence-electron chi connectivity index (χ1n) is 8.67. The Morgan fingerprint density at radius 3 is 2.60 bits per heavy atom. The van der Waals surface area contributed by atoms with Crippen molar-refractivity contribution in [2.75, 3.05) is 13.1 Å².